The second-order valence-electron chi connectivity index (χ2n) is 5.20. The van der Waals surface area contributed by atoms with E-state index < -0.39 is 12.9 Å². The van der Waals surface area contributed by atoms with Gasteiger partial charge in [-0.25, -0.2) is 9.97 Å². The van der Waals surface area contributed by atoms with Crippen LogP contribution in [0, 0.1) is 0 Å². The Morgan fingerprint density at radius 1 is 1.41 bits per heavy atom. The van der Waals surface area contributed by atoms with Gasteiger partial charge in [-0.3, -0.25) is 4.79 Å². The number of aryl methyl sites for hydroxylation is 1. The first kappa shape index (κ1) is 14.8. The van der Waals surface area contributed by atoms with Gasteiger partial charge in [-0.05, 0) is 0 Å². The minimum Gasteiger partial charge on any atom is -0.491 e. The molecule has 11 nitrogen and oxygen atoms in total. The number of halogens is 1. The molecule has 0 fully saturated rings. The molecule has 3 aromatic heterocycles. The van der Waals surface area contributed by atoms with Crippen LogP contribution in [0.5, 0.6) is 5.75 Å². The highest BCUT2D eigenvalue weighted by Crippen LogP contribution is 2.34. The Morgan fingerprint density at radius 3 is 2.96 bits per heavy atom. The third kappa shape index (κ3) is 4.08. The molecule has 12 heteroatoms. The van der Waals surface area contributed by atoms with Crippen molar-refractivity contribution in [2.75, 3.05) is 19.4 Å². The minimum absolute atomic E-state index is 0.0552. The van der Waals surface area contributed by atoms with Crippen LogP contribution in [0.15, 0.2) is 18.6 Å². The van der Waals surface area contributed by atoms with Crippen molar-refractivity contribution >= 4 is 29.0 Å². The largest absolute Gasteiger partial charge is 0.491 e. The smallest absolute Gasteiger partial charge is 0.225 e. The van der Waals surface area contributed by atoms with Crippen LogP contribution in [0.2, 0.25) is 5.15 Å². The minimum atomic E-state index is -2.62. The highest BCUT2D eigenvalue weighted by molar-refractivity contribution is 6.29. The first-order valence-electron chi connectivity index (χ1n) is 9.02. The number of carbonyl (C=O) groups is 1. The zero-order valence-electron chi connectivity index (χ0n) is 17.3. The molecule has 0 radical (unpaired) electrons. The van der Waals surface area contributed by atoms with E-state index in [1.54, 1.807) is 7.05 Å². The summed E-state index contributed by atoms with van der Waals surface area (Å²) < 4.78 is 26.9. The summed E-state index contributed by atoms with van der Waals surface area (Å²) in [6.07, 6.45) is 2.46. The maximum absolute atomic E-state index is 12.0. The zero-order chi connectivity index (χ0) is 21.9. The first-order valence-corrected chi connectivity index (χ1v) is 7.90. The van der Waals surface area contributed by atoms with Crippen LogP contribution in [-0.2, 0) is 18.3 Å². The van der Waals surface area contributed by atoms with E-state index in [0.717, 1.165) is 0 Å². The third-order valence-electron chi connectivity index (χ3n) is 3.41. The number of likely N-dealkylation sites (N-methyl/N-ethyl adjacent to an activating group) is 1. The fourth-order valence-electron chi connectivity index (χ4n) is 2.25. The molecule has 0 spiro atoms. The molecule has 0 saturated heterocycles. The number of aromatic nitrogens is 7. The standard InChI is InChI=1S/C15H16ClN9O2/c1-17-12(26)5-9-8(4-11(16)23-22-9)21-15-14(27-3)13(18-7-19-15)10-6-20-25(2)24-10/h4,6-7H,5H2,1-3H3,(H,17,26)(H,18,19,21,23)/i1D3. The van der Waals surface area contributed by atoms with E-state index in [1.807, 2.05) is 5.32 Å². The van der Waals surface area contributed by atoms with Crippen molar-refractivity contribution in [2.24, 2.45) is 7.05 Å². The molecule has 27 heavy (non-hydrogen) atoms. The van der Waals surface area contributed by atoms with Gasteiger partial charge in [0.05, 0.1) is 31.1 Å². The quantitative estimate of drug-likeness (QED) is 0.623. The van der Waals surface area contributed by atoms with Gasteiger partial charge in [0.25, 0.3) is 0 Å². The van der Waals surface area contributed by atoms with Crippen LogP contribution in [0.25, 0.3) is 11.4 Å². The van der Waals surface area contributed by atoms with E-state index in [4.69, 9.17) is 20.5 Å². The average molecular weight is 393 g/mol. The number of nitrogens with zero attached hydrogens (tertiary/aromatic N) is 7. The van der Waals surface area contributed by atoms with Crippen molar-refractivity contribution in [3.63, 3.8) is 0 Å². The van der Waals surface area contributed by atoms with Gasteiger partial charge in [0, 0.05) is 24.2 Å². The molecule has 0 atom stereocenters. The Hall–Kier alpha value is -3.34. The number of carbonyl (C=O) groups excluding carboxylic acids is 1. The molecule has 0 saturated carbocycles. The second-order valence-corrected chi connectivity index (χ2v) is 5.59. The predicted molar refractivity (Wildman–Crippen MR) is 96.7 cm³/mol. The van der Waals surface area contributed by atoms with Crippen molar-refractivity contribution in [3.05, 3.63) is 29.4 Å². The van der Waals surface area contributed by atoms with Crippen molar-refractivity contribution in [1.29, 1.82) is 0 Å². The van der Waals surface area contributed by atoms with E-state index >= 15 is 0 Å². The van der Waals surface area contributed by atoms with Crippen LogP contribution in [0.3, 0.4) is 0 Å². The van der Waals surface area contributed by atoms with Crippen LogP contribution in [0.4, 0.5) is 11.5 Å². The van der Waals surface area contributed by atoms with E-state index in [2.05, 4.69) is 35.7 Å². The fourth-order valence-corrected chi connectivity index (χ4v) is 2.40. The van der Waals surface area contributed by atoms with Gasteiger partial charge in [-0.15, -0.1) is 5.10 Å². The van der Waals surface area contributed by atoms with Crippen LogP contribution in [0.1, 0.15) is 9.81 Å². The third-order valence-corrected chi connectivity index (χ3v) is 3.60. The van der Waals surface area contributed by atoms with E-state index in [1.165, 1.54) is 30.5 Å². The summed E-state index contributed by atoms with van der Waals surface area (Å²) in [5.74, 6) is -0.247. The molecule has 0 unspecified atom stereocenters. The number of ether oxygens (including phenoxy) is 1. The van der Waals surface area contributed by atoms with Crippen LogP contribution in [-0.4, -0.2) is 55.2 Å². The van der Waals surface area contributed by atoms with Crippen molar-refractivity contribution in [3.8, 4) is 17.1 Å². The number of hydrogen-bond donors (Lipinski definition) is 2. The normalized spacial score (nSPS) is 12.6. The number of nitrogens with one attached hydrogen (secondary N) is 2. The molecule has 0 aliphatic rings. The molecule has 3 heterocycles. The lowest BCUT2D eigenvalue weighted by atomic mass is 10.2. The monoisotopic (exact) mass is 392 g/mol. The highest BCUT2D eigenvalue weighted by Gasteiger charge is 2.19. The number of rotatable bonds is 6. The Bertz CT molecular complexity index is 1070. The first-order chi connectivity index (χ1) is 14.2. The molecule has 0 aromatic carbocycles. The van der Waals surface area contributed by atoms with Gasteiger partial charge in [-0.1, -0.05) is 11.6 Å². The van der Waals surface area contributed by atoms with Gasteiger partial charge in [0.1, 0.15) is 17.7 Å². The summed E-state index contributed by atoms with van der Waals surface area (Å²) in [7, 11) is 3.10. The van der Waals surface area contributed by atoms with Crippen molar-refractivity contribution in [2.45, 2.75) is 6.42 Å². The predicted octanol–water partition coefficient (Wildman–Crippen LogP) is 0.756. The fraction of sp³-hybridized carbons (Fsp3) is 0.267. The van der Waals surface area contributed by atoms with Crippen molar-refractivity contribution < 1.29 is 13.6 Å². The molecule has 0 bridgehead atoms. The number of hydrogen-bond acceptors (Lipinski definition) is 9. The van der Waals surface area contributed by atoms with Crippen LogP contribution < -0.4 is 15.4 Å². The van der Waals surface area contributed by atoms with E-state index in [-0.39, 0.29) is 34.5 Å². The Morgan fingerprint density at radius 2 is 2.26 bits per heavy atom. The number of methoxy groups -OCH3 is 1. The summed E-state index contributed by atoms with van der Waals surface area (Å²) >= 11 is 5.94. The number of amides is 1. The lowest BCUT2D eigenvalue weighted by Gasteiger charge is -2.14. The summed E-state index contributed by atoms with van der Waals surface area (Å²) in [6, 6.07) is 1.43. The topological polar surface area (TPSA) is 133 Å². The molecule has 0 aliphatic carbocycles. The molecular weight excluding hydrogens is 374 g/mol. The molecule has 140 valence electrons. The molecule has 2 N–H and O–H groups in total. The Balaban J connectivity index is 1.94. The van der Waals surface area contributed by atoms with Gasteiger partial charge < -0.3 is 15.4 Å². The molecule has 0 aliphatic heterocycles. The number of anilines is 2. The Labute approximate surface area is 163 Å². The summed E-state index contributed by atoms with van der Waals surface area (Å²) in [6.45, 7) is -2.62. The molecule has 3 aromatic rings. The Kier molecular flexibility index (Phi) is 4.33. The molecule has 1 amide bonds. The maximum atomic E-state index is 12.0. The van der Waals surface area contributed by atoms with Crippen molar-refractivity contribution in [1.82, 2.24) is 40.5 Å². The molecule has 3 rings (SSSR count). The zero-order valence-corrected chi connectivity index (χ0v) is 15.0. The summed E-state index contributed by atoms with van der Waals surface area (Å²) in [5, 5.41) is 20.7. The van der Waals surface area contributed by atoms with E-state index in [9.17, 15) is 4.79 Å². The van der Waals surface area contributed by atoms with Crippen LogP contribution >= 0.6 is 11.6 Å². The van der Waals surface area contributed by atoms with Gasteiger partial charge >= 0.3 is 0 Å². The van der Waals surface area contributed by atoms with E-state index in [0.29, 0.717) is 11.4 Å². The average Bonchev–Trinajstić information content (AvgIpc) is 3.08. The SMILES string of the molecule is [2H]C([2H])([2H])NC(=O)Cc1nnc(Cl)cc1Nc1ncnc(-c2cnn(C)n2)c1OC. The van der Waals surface area contributed by atoms with Gasteiger partial charge in [0.2, 0.25) is 5.91 Å². The van der Waals surface area contributed by atoms with Gasteiger partial charge in [-0.2, -0.15) is 20.1 Å². The lowest BCUT2D eigenvalue weighted by molar-refractivity contribution is -0.120. The second kappa shape index (κ2) is 7.91. The lowest BCUT2D eigenvalue weighted by Crippen LogP contribution is -2.21. The maximum Gasteiger partial charge on any atom is 0.225 e. The summed E-state index contributed by atoms with van der Waals surface area (Å²) in [4.78, 5) is 21.7. The van der Waals surface area contributed by atoms with Gasteiger partial charge in [0.15, 0.2) is 16.7 Å². The molecular formula is C15H16ClN9O2. The highest BCUT2D eigenvalue weighted by atomic mass is 35.5. The summed E-state index contributed by atoms with van der Waals surface area (Å²) in [5.41, 5.74) is 1.29.